The van der Waals surface area contributed by atoms with Crippen molar-refractivity contribution >= 4 is 11.9 Å². The van der Waals surface area contributed by atoms with E-state index in [1.807, 2.05) is 5.92 Å². The fraction of sp³-hybridized carbons (Fsp3) is 0.0909. The molecule has 3 N–H and O–H groups in total. The van der Waals surface area contributed by atoms with Gasteiger partial charge in [-0.25, -0.2) is 4.39 Å². The zero-order valence-electron chi connectivity index (χ0n) is 8.16. The minimum Gasteiger partial charge on any atom is -0.481 e. The summed E-state index contributed by atoms with van der Waals surface area (Å²) in [7, 11) is 0. The van der Waals surface area contributed by atoms with Gasteiger partial charge in [-0.3, -0.25) is 9.59 Å². The summed E-state index contributed by atoms with van der Waals surface area (Å²) >= 11 is 0. The summed E-state index contributed by atoms with van der Waals surface area (Å²) in [5.74, 6) is 1.89. The van der Waals surface area contributed by atoms with Crippen molar-refractivity contribution in [2.24, 2.45) is 5.73 Å². The highest BCUT2D eigenvalue weighted by Crippen LogP contribution is 2.11. The Morgan fingerprint density at radius 1 is 1.44 bits per heavy atom. The molecule has 0 aliphatic carbocycles. The fourth-order valence-electron chi connectivity index (χ4n) is 1.11. The van der Waals surface area contributed by atoms with E-state index in [0.29, 0.717) is 5.56 Å². The minimum atomic E-state index is -1.06. The summed E-state index contributed by atoms with van der Waals surface area (Å²) in [4.78, 5) is 20.9. The van der Waals surface area contributed by atoms with Gasteiger partial charge >= 0.3 is 5.97 Å². The van der Waals surface area contributed by atoms with E-state index in [1.165, 1.54) is 6.07 Å². The number of nitrogens with two attached hydrogens (primary N) is 1. The Bertz CT molecular complexity index is 500. The number of carboxylic acid groups (broad SMARTS) is 1. The zero-order valence-corrected chi connectivity index (χ0v) is 8.16. The maximum atomic E-state index is 12.9. The summed E-state index contributed by atoms with van der Waals surface area (Å²) in [6.07, 6.45) is -0.289. The molecule has 0 fully saturated rings. The monoisotopic (exact) mass is 221 g/mol. The van der Waals surface area contributed by atoms with Gasteiger partial charge in [-0.15, -0.1) is 0 Å². The lowest BCUT2D eigenvalue weighted by molar-refractivity contribution is -0.136. The molecule has 0 unspecified atom stereocenters. The standard InChI is InChI=1S/C11H8FNO3/c12-9-3-1-8(6-11(15)16)7(5-9)2-4-10(13)14/h1,3,5H,6H2,(H2,13,14)(H,15,16). The molecule has 1 aromatic rings. The number of halogens is 1. The topological polar surface area (TPSA) is 80.4 Å². The van der Waals surface area contributed by atoms with Crippen LogP contribution in [-0.4, -0.2) is 17.0 Å². The van der Waals surface area contributed by atoms with Gasteiger partial charge in [0.25, 0.3) is 5.91 Å². The minimum absolute atomic E-state index is 0.154. The molecule has 1 rings (SSSR count). The van der Waals surface area contributed by atoms with Gasteiger partial charge < -0.3 is 10.8 Å². The average molecular weight is 221 g/mol. The highest BCUT2D eigenvalue weighted by atomic mass is 19.1. The number of rotatable bonds is 2. The highest BCUT2D eigenvalue weighted by Gasteiger charge is 2.06. The van der Waals surface area contributed by atoms with Crippen molar-refractivity contribution in [2.75, 3.05) is 0 Å². The molecule has 0 radical (unpaired) electrons. The number of amides is 1. The maximum absolute atomic E-state index is 12.9. The van der Waals surface area contributed by atoms with Crippen LogP contribution < -0.4 is 5.73 Å². The zero-order chi connectivity index (χ0) is 12.1. The van der Waals surface area contributed by atoms with Crippen molar-refractivity contribution in [3.05, 3.63) is 35.1 Å². The second-order valence-electron chi connectivity index (χ2n) is 2.99. The second-order valence-corrected chi connectivity index (χ2v) is 2.99. The van der Waals surface area contributed by atoms with Gasteiger partial charge in [0.2, 0.25) is 0 Å². The first-order valence-electron chi connectivity index (χ1n) is 4.30. The van der Waals surface area contributed by atoms with Crippen molar-refractivity contribution in [1.82, 2.24) is 0 Å². The molecule has 0 bridgehead atoms. The Balaban J connectivity index is 3.14. The molecule has 0 saturated heterocycles. The summed E-state index contributed by atoms with van der Waals surface area (Å²) in [6, 6.07) is 3.51. The maximum Gasteiger partial charge on any atom is 0.307 e. The smallest absolute Gasteiger partial charge is 0.307 e. The first kappa shape index (κ1) is 11.7. The molecule has 0 atom stereocenters. The Hall–Kier alpha value is -2.35. The van der Waals surface area contributed by atoms with E-state index in [0.717, 1.165) is 12.1 Å². The number of aliphatic carboxylic acids is 1. The number of benzene rings is 1. The first-order valence-corrected chi connectivity index (χ1v) is 4.30. The third-order valence-electron chi connectivity index (χ3n) is 1.73. The Morgan fingerprint density at radius 2 is 2.12 bits per heavy atom. The number of hydrogen-bond acceptors (Lipinski definition) is 2. The van der Waals surface area contributed by atoms with Crippen molar-refractivity contribution in [2.45, 2.75) is 6.42 Å². The van der Waals surface area contributed by atoms with Crippen molar-refractivity contribution in [3.8, 4) is 11.8 Å². The van der Waals surface area contributed by atoms with E-state index in [9.17, 15) is 14.0 Å². The van der Waals surface area contributed by atoms with Crippen molar-refractivity contribution in [1.29, 1.82) is 0 Å². The third-order valence-corrected chi connectivity index (χ3v) is 1.73. The van der Waals surface area contributed by atoms with E-state index in [1.54, 1.807) is 0 Å². The highest BCUT2D eigenvalue weighted by molar-refractivity contribution is 5.92. The predicted octanol–water partition coefficient (Wildman–Crippen LogP) is 0.290. The molecule has 4 nitrogen and oxygen atoms in total. The lowest BCUT2D eigenvalue weighted by Gasteiger charge is -2.01. The molecule has 0 saturated carbocycles. The normalized spacial score (nSPS) is 9.06. The molecule has 0 aliphatic heterocycles. The van der Waals surface area contributed by atoms with Crippen LogP contribution >= 0.6 is 0 Å². The van der Waals surface area contributed by atoms with Gasteiger partial charge in [0, 0.05) is 5.56 Å². The SMILES string of the molecule is NC(=O)C#Cc1cc(F)ccc1CC(=O)O. The largest absolute Gasteiger partial charge is 0.481 e. The number of primary amides is 1. The predicted molar refractivity (Wildman–Crippen MR) is 53.8 cm³/mol. The fourth-order valence-corrected chi connectivity index (χ4v) is 1.11. The molecular weight excluding hydrogens is 213 g/mol. The molecule has 1 aromatic carbocycles. The van der Waals surface area contributed by atoms with Crippen LogP contribution in [0, 0.1) is 17.7 Å². The van der Waals surface area contributed by atoms with E-state index in [2.05, 4.69) is 5.92 Å². The molecule has 0 heterocycles. The number of carbonyl (C=O) groups is 2. The van der Waals surface area contributed by atoms with Gasteiger partial charge in [-0.2, -0.15) is 0 Å². The molecule has 5 heteroatoms. The van der Waals surface area contributed by atoms with Gasteiger partial charge in [-0.1, -0.05) is 12.0 Å². The van der Waals surface area contributed by atoms with E-state index >= 15 is 0 Å². The number of carboxylic acids is 1. The lowest BCUT2D eigenvalue weighted by atomic mass is 10.0. The van der Waals surface area contributed by atoms with Crippen LogP contribution in [0.25, 0.3) is 0 Å². The van der Waals surface area contributed by atoms with Crippen LogP contribution in [0.5, 0.6) is 0 Å². The van der Waals surface area contributed by atoms with Crippen LogP contribution in [0.15, 0.2) is 18.2 Å². The molecular formula is C11H8FNO3. The Kier molecular flexibility index (Phi) is 3.62. The molecule has 1 amide bonds. The summed E-state index contributed by atoms with van der Waals surface area (Å²) in [5.41, 5.74) is 5.30. The Morgan fingerprint density at radius 3 is 2.69 bits per heavy atom. The summed E-state index contributed by atoms with van der Waals surface area (Å²) in [6.45, 7) is 0. The van der Waals surface area contributed by atoms with Crippen LogP contribution in [0.2, 0.25) is 0 Å². The second kappa shape index (κ2) is 4.94. The van der Waals surface area contributed by atoms with Crippen molar-refractivity contribution < 1.29 is 19.1 Å². The van der Waals surface area contributed by atoms with Crippen molar-refractivity contribution in [3.63, 3.8) is 0 Å². The molecule has 0 aromatic heterocycles. The molecule has 16 heavy (non-hydrogen) atoms. The quantitative estimate of drug-likeness (QED) is 0.704. The van der Waals surface area contributed by atoms with E-state index in [4.69, 9.17) is 10.8 Å². The van der Waals surface area contributed by atoms with Crippen LogP contribution in [0.1, 0.15) is 11.1 Å². The molecule has 0 spiro atoms. The van der Waals surface area contributed by atoms with Gasteiger partial charge in [-0.05, 0) is 23.6 Å². The van der Waals surface area contributed by atoms with Gasteiger partial charge in [0.15, 0.2) is 0 Å². The molecule has 82 valence electrons. The van der Waals surface area contributed by atoms with Gasteiger partial charge in [0.05, 0.1) is 6.42 Å². The van der Waals surface area contributed by atoms with Crippen LogP contribution in [-0.2, 0) is 16.0 Å². The summed E-state index contributed by atoms with van der Waals surface area (Å²) < 4.78 is 12.9. The first-order chi connectivity index (χ1) is 7.49. The van der Waals surface area contributed by atoms with E-state index in [-0.39, 0.29) is 12.0 Å². The third kappa shape index (κ3) is 3.42. The Labute approximate surface area is 90.9 Å². The van der Waals surface area contributed by atoms with Gasteiger partial charge in [0.1, 0.15) is 5.82 Å². The lowest BCUT2D eigenvalue weighted by Crippen LogP contribution is -2.07. The van der Waals surface area contributed by atoms with E-state index < -0.39 is 17.7 Å². The van der Waals surface area contributed by atoms with Crippen LogP contribution in [0.4, 0.5) is 4.39 Å². The summed E-state index contributed by atoms with van der Waals surface area (Å²) in [5, 5.41) is 8.60. The average Bonchev–Trinajstić information content (AvgIpc) is 2.17. The van der Waals surface area contributed by atoms with Crippen LogP contribution in [0.3, 0.4) is 0 Å². The molecule has 0 aliphatic rings. The number of carbonyl (C=O) groups excluding carboxylic acids is 1. The number of hydrogen-bond donors (Lipinski definition) is 2.